The molecule has 0 unspecified atom stereocenters. The second-order valence-corrected chi connectivity index (χ2v) is 5.72. The van der Waals surface area contributed by atoms with Crippen LogP contribution >= 0.6 is 23.2 Å². The van der Waals surface area contributed by atoms with Crippen molar-refractivity contribution in [3.05, 3.63) is 69.8 Å². The Labute approximate surface area is 147 Å². The molecule has 0 saturated heterocycles. The Hall–Kier alpha value is -2.81. The minimum absolute atomic E-state index is 0.267. The fraction of sp³-hybridized carbons (Fsp3) is 0. The van der Waals surface area contributed by atoms with Gasteiger partial charge in [0.05, 0.1) is 27.0 Å². The number of nitrogens with one attached hydrogen (secondary N) is 2. The van der Waals surface area contributed by atoms with Gasteiger partial charge >= 0.3 is 0 Å². The van der Waals surface area contributed by atoms with Crippen molar-refractivity contribution in [2.75, 3.05) is 5.32 Å². The van der Waals surface area contributed by atoms with Gasteiger partial charge in [-0.3, -0.25) is 9.89 Å². The van der Waals surface area contributed by atoms with Gasteiger partial charge in [0, 0.05) is 5.56 Å². The third-order valence-corrected chi connectivity index (χ3v) is 4.07. The summed E-state index contributed by atoms with van der Waals surface area (Å²) in [4.78, 5) is 12.3. The molecule has 0 aliphatic heterocycles. The highest BCUT2D eigenvalue weighted by atomic mass is 35.5. The number of para-hydroxylation sites is 1. The number of nitrogens with zero attached hydrogens (tertiary/aromatic N) is 2. The van der Waals surface area contributed by atoms with Crippen LogP contribution < -0.4 is 5.32 Å². The molecule has 118 valence electrons. The van der Waals surface area contributed by atoms with E-state index in [1.807, 2.05) is 6.07 Å². The van der Waals surface area contributed by atoms with Gasteiger partial charge in [0.15, 0.2) is 0 Å². The van der Waals surface area contributed by atoms with Gasteiger partial charge in [-0.15, -0.1) is 0 Å². The summed E-state index contributed by atoms with van der Waals surface area (Å²) in [6.07, 6.45) is 0. The first-order chi connectivity index (χ1) is 11.6. The number of hydrogen-bond donors (Lipinski definition) is 2. The Morgan fingerprint density at radius 1 is 1.12 bits per heavy atom. The van der Waals surface area contributed by atoms with Crippen molar-refractivity contribution in [2.45, 2.75) is 0 Å². The smallest absolute Gasteiger partial charge is 0.273 e. The largest absolute Gasteiger partial charge is 0.319 e. The lowest BCUT2D eigenvalue weighted by Crippen LogP contribution is -2.13. The fourth-order valence-electron chi connectivity index (χ4n) is 2.12. The monoisotopic (exact) mass is 356 g/mol. The van der Waals surface area contributed by atoms with Crippen molar-refractivity contribution in [1.82, 2.24) is 10.2 Å². The second-order valence-electron chi connectivity index (χ2n) is 4.91. The van der Waals surface area contributed by atoms with Crippen LogP contribution in [0.25, 0.3) is 11.3 Å². The van der Waals surface area contributed by atoms with E-state index in [2.05, 4.69) is 15.5 Å². The summed E-state index contributed by atoms with van der Waals surface area (Å²) >= 11 is 11.9. The minimum Gasteiger partial charge on any atom is -0.319 e. The maximum absolute atomic E-state index is 12.3. The maximum Gasteiger partial charge on any atom is 0.273 e. The van der Waals surface area contributed by atoms with Gasteiger partial charge in [-0.25, -0.2) is 0 Å². The molecule has 2 aromatic carbocycles. The van der Waals surface area contributed by atoms with Crippen LogP contribution in [0.2, 0.25) is 10.0 Å². The van der Waals surface area contributed by atoms with Gasteiger partial charge in [0.25, 0.3) is 5.91 Å². The number of amides is 1. The van der Waals surface area contributed by atoms with E-state index in [0.717, 1.165) is 5.56 Å². The Morgan fingerprint density at radius 2 is 1.92 bits per heavy atom. The second kappa shape index (κ2) is 6.75. The molecule has 5 nitrogen and oxygen atoms in total. The SMILES string of the molecule is N#Cc1ccccc1NC(=O)c1cc(-c2ccc(Cl)c(Cl)c2)n[nH]1. The highest BCUT2D eigenvalue weighted by molar-refractivity contribution is 6.42. The number of hydrogen-bond acceptors (Lipinski definition) is 3. The lowest BCUT2D eigenvalue weighted by molar-refractivity contribution is 0.102. The number of anilines is 1. The van der Waals surface area contributed by atoms with E-state index in [0.29, 0.717) is 27.0 Å². The molecule has 1 heterocycles. The zero-order chi connectivity index (χ0) is 17.1. The molecule has 0 fully saturated rings. The Kier molecular flexibility index (Phi) is 4.52. The summed E-state index contributed by atoms with van der Waals surface area (Å²) in [5.41, 5.74) is 2.39. The molecular formula is C17H10Cl2N4O. The van der Waals surface area contributed by atoms with Crippen LogP contribution in [0.4, 0.5) is 5.69 Å². The quantitative estimate of drug-likeness (QED) is 0.724. The predicted octanol–water partition coefficient (Wildman–Crippen LogP) is 4.51. The van der Waals surface area contributed by atoms with Crippen molar-refractivity contribution in [1.29, 1.82) is 5.26 Å². The summed E-state index contributed by atoms with van der Waals surface area (Å²) < 4.78 is 0. The molecule has 0 spiro atoms. The number of benzene rings is 2. The highest BCUT2D eigenvalue weighted by Gasteiger charge is 2.13. The van der Waals surface area contributed by atoms with Crippen LogP contribution in [0.3, 0.4) is 0 Å². The van der Waals surface area contributed by atoms with Crippen LogP contribution in [0.1, 0.15) is 16.1 Å². The Bertz CT molecular complexity index is 959. The van der Waals surface area contributed by atoms with E-state index in [9.17, 15) is 4.79 Å². The standard InChI is InChI=1S/C17H10Cl2N4O/c18-12-6-5-10(7-13(12)19)15-8-16(23-22-15)17(24)21-14-4-2-1-3-11(14)9-20/h1-8H,(H,21,24)(H,22,23). The summed E-state index contributed by atoms with van der Waals surface area (Å²) in [7, 11) is 0. The molecule has 0 radical (unpaired) electrons. The molecule has 7 heteroatoms. The average Bonchev–Trinajstić information content (AvgIpc) is 3.08. The minimum atomic E-state index is -0.392. The zero-order valence-electron chi connectivity index (χ0n) is 12.2. The zero-order valence-corrected chi connectivity index (χ0v) is 13.7. The fourth-order valence-corrected chi connectivity index (χ4v) is 2.42. The van der Waals surface area contributed by atoms with Crippen LogP contribution in [0, 0.1) is 11.3 Å². The molecule has 0 bridgehead atoms. The third kappa shape index (κ3) is 3.25. The maximum atomic E-state index is 12.3. The van der Waals surface area contributed by atoms with E-state index in [1.54, 1.807) is 48.5 Å². The van der Waals surface area contributed by atoms with E-state index in [-0.39, 0.29) is 5.69 Å². The van der Waals surface area contributed by atoms with Crippen LogP contribution in [0.5, 0.6) is 0 Å². The van der Waals surface area contributed by atoms with Gasteiger partial charge in [0.2, 0.25) is 0 Å². The molecule has 3 rings (SSSR count). The first-order valence-corrected chi connectivity index (χ1v) is 7.65. The number of halogens is 2. The lowest BCUT2D eigenvalue weighted by atomic mass is 10.1. The molecule has 0 aliphatic carbocycles. The van der Waals surface area contributed by atoms with Gasteiger partial charge in [0.1, 0.15) is 11.8 Å². The summed E-state index contributed by atoms with van der Waals surface area (Å²) in [6.45, 7) is 0. The molecule has 0 aliphatic rings. The van der Waals surface area contributed by atoms with E-state index < -0.39 is 5.91 Å². The topological polar surface area (TPSA) is 81.6 Å². The van der Waals surface area contributed by atoms with Crippen molar-refractivity contribution in [2.24, 2.45) is 0 Å². The average molecular weight is 357 g/mol. The van der Waals surface area contributed by atoms with Gasteiger partial charge in [-0.05, 0) is 30.3 Å². The third-order valence-electron chi connectivity index (χ3n) is 3.33. The molecular weight excluding hydrogens is 347 g/mol. The van der Waals surface area contributed by atoms with Crippen molar-refractivity contribution in [3.63, 3.8) is 0 Å². The number of aromatic amines is 1. The predicted molar refractivity (Wildman–Crippen MR) is 93.2 cm³/mol. The number of rotatable bonds is 3. The van der Waals surface area contributed by atoms with E-state index >= 15 is 0 Å². The van der Waals surface area contributed by atoms with Crippen molar-refractivity contribution < 1.29 is 4.79 Å². The van der Waals surface area contributed by atoms with Crippen molar-refractivity contribution >= 4 is 34.8 Å². The van der Waals surface area contributed by atoms with Gasteiger partial charge in [-0.2, -0.15) is 10.4 Å². The van der Waals surface area contributed by atoms with Gasteiger partial charge < -0.3 is 5.32 Å². The summed E-state index contributed by atoms with van der Waals surface area (Å²) in [5.74, 6) is -0.392. The summed E-state index contributed by atoms with van der Waals surface area (Å²) in [6, 6.07) is 15.5. The molecule has 3 aromatic rings. The first kappa shape index (κ1) is 16.1. The van der Waals surface area contributed by atoms with Crippen LogP contribution in [0.15, 0.2) is 48.5 Å². The molecule has 0 saturated carbocycles. The molecule has 24 heavy (non-hydrogen) atoms. The Morgan fingerprint density at radius 3 is 2.67 bits per heavy atom. The summed E-state index contributed by atoms with van der Waals surface area (Å²) in [5, 5.41) is 19.4. The molecule has 2 N–H and O–H groups in total. The highest BCUT2D eigenvalue weighted by Crippen LogP contribution is 2.28. The molecule has 0 atom stereocenters. The van der Waals surface area contributed by atoms with Crippen molar-refractivity contribution in [3.8, 4) is 17.3 Å². The number of carbonyl (C=O) groups excluding carboxylic acids is 1. The molecule has 1 amide bonds. The normalized spacial score (nSPS) is 10.2. The van der Waals surface area contributed by atoms with E-state index in [4.69, 9.17) is 28.5 Å². The lowest BCUT2D eigenvalue weighted by Gasteiger charge is -2.04. The number of aromatic nitrogens is 2. The number of nitriles is 1. The van der Waals surface area contributed by atoms with Crippen LogP contribution in [-0.2, 0) is 0 Å². The van der Waals surface area contributed by atoms with Crippen LogP contribution in [-0.4, -0.2) is 16.1 Å². The number of H-pyrrole nitrogens is 1. The molecule has 1 aromatic heterocycles. The van der Waals surface area contributed by atoms with Gasteiger partial charge in [-0.1, -0.05) is 41.4 Å². The first-order valence-electron chi connectivity index (χ1n) is 6.90. The number of carbonyl (C=O) groups is 1. The van der Waals surface area contributed by atoms with E-state index in [1.165, 1.54) is 0 Å². The Balaban J connectivity index is 1.84.